The average Bonchev–Trinajstić information content (AvgIpc) is 3.31. The Morgan fingerprint density at radius 3 is 2.80 bits per heavy atom. The summed E-state index contributed by atoms with van der Waals surface area (Å²) < 4.78 is 20.4. The van der Waals surface area contributed by atoms with Crippen LogP contribution in [-0.2, 0) is 4.74 Å². The number of morpholine rings is 1. The summed E-state index contributed by atoms with van der Waals surface area (Å²) in [5.41, 5.74) is 2.77. The molecule has 4 atom stereocenters. The van der Waals surface area contributed by atoms with E-state index in [-0.39, 0.29) is 23.9 Å². The van der Waals surface area contributed by atoms with E-state index < -0.39 is 6.17 Å². The van der Waals surface area contributed by atoms with Crippen molar-refractivity contribution in [2.75, 3.05) is 25.2 Å². The monoisotopic (exact) mass is 410 g/mol. The molecule has 5 rings (SSSR count). The zero-order valence-corrected chi connectivity index (χ0v) is 16.5. The number of hydrogen-bond acceptors (Lipinski definition) is 7. The molecular weight excluding hydrogens is 387 g/mol. The fourth-order valence-electron chi connectivity index (χ4n) is 4.28. The van der Waals surface area contributed by atoms with E-state index in [9.17, 15) is 9.50 Å². The third kappa shape index (κ3) is 3.40. The van der Waals surface area contributed by atoms with Crippen molar-refractivity contribution in [1.29, 1.82) is 0 Å². The summed E-state index contributed by atoms with van der Waals surface area (Å²) in [6.45, 7) is 0.992. The summed E-state index contributed by atoms with van der Waals surface area (Å²) in [5, 5.41) is 29.1. The van der Waals surface area contributed by atoms with Gasteiger partial charge in [0.2, 0.25) is 0 Å². The molecule has 0 amide bonds. The molecule has 2 aliphatic heterocycles. The van der Waals surface area contributed by atoms with Gasteiger partial charge < -0.3 is 20.1 Å². The lowest BCUT2D eigenvalue weighted by atomic mass is 9.90. The number of nitrogens with zero attached hydrogens (tertiary/aromatic N) is 4. The highest BCUT2D eigenvalue weighted by Gasteiger charge is 2.42. The number of hydrogen-bond donors (Lipinski definition) is 3. The second-order valence-corrected chi connectivity index (χ2v) is 7.84. The molecule has 0 aliphatic carbocycles. The minimum absolute atomic E-state index is 0.104. The molecule has 3 N–H and O–H groups in total. The van der Waals surface area contributed by atoms with Crippen LogP contribution in [0.1, 0.15) is 6.42 Å². The number of rotatable bonds is 4. The molecule has 2 bridgehead atoms. The smallest absolute Gasteiger partial charge is 0.151 e. The Morgan fingerprint density at radius 1 is 1.17 bits per heavy atom. The summed E-state index contributed by atoms with van der Waals surface area (Å²) in [7, 11) is 1.85. The Bertz CT molecular complexity index is 1010. The Labute approximate surface area is 173 Å². The lowest BCUT2D eigenvalue weighted by Crippen LogP contribution is -2.65. The average molecular weight is 410 g/mol. The second-order valence-electron chi connectivity index (χ2n) is 7.84. The number of fused-ring (bicyclic) bond motifs is 2. The fourth-order valence-corrected chi connectivity index (χ4v) is 4.28. The minimum Gasteiger partial charge on any atom is -0.507 e. The highest BCUT2D eigenvalue weighted by atomic mass is 19.1. The number of phenols is 1. The van der Waals surface area contributed by atoms with Crippen molar-refractivity contribution in [3.8, 4) is 28.3 Å². The summed E-state index contributed by atoms with van der Waals surface area (Å²) in [5.74, 6) is 0.702. The van der Waals surface area contributed by atoms with Gasteiger partial charge in [-0.15, -0.1) is 10.2 Å². The molecule has 9 heteroatoms. The van der Waals surface area contributed by atoms with Crippen LogP contribution in [0.3, 0.4) is 0 Å². The van der Waals surface area contributed by atoms with E-state index in [4.69, 9.17) is 4.74 Å². The van der Waals surface area contributed by atoms with Crippen molar-refractivity contribution in [3.63, 3.8) is 0 Å². The van der Waals surface area contributed by atoms with E-state index in [1.165, 1.54) is 0 Å². The number of aromatic amines is 1. The Balaban J connectivity index is 1.35. The van der Waals surface area contributed by atoms with Crippen LogP contribution in [0.5, 0.6) is 5.75 Å². The highest BCUT2D eigenvalue weighted by Crippen LogP contribution is 2.33. The molecule has 2 aliphatic rings. The fraction of sp³-hybridized carbons (Fsp3) is 0.381. The summed E-state index contributed by atoms with van der Waals surface area (Å²) in [6, 6.07) is 10.4. The zero-order valence-electron chi connectivity index (χ0n) is 16.5. The summed E-state index contributed by atoms with van der Waals surface area (Å²) >= 11 is 0. The van der Waals surface area contributed by atoms with E-state index in [0.717, 1.165) is 11.3 Å². The normalized spacial score (nSPS) is 25.8. The predicted octanol–water partition coefficient (Wildman–Crippen LogP) is 2.14. The quantitative estimate of drug-likeness (QED) is 0.606. The van der Waals surface area contributed by atoms with Gasteiger partial charge in [0.25, 0.3) is 0 Å². The third-order valence-electron chi connectivity index (χ3n) is 5.94. The maximum atomic E-state index is 14.9. The van der Waals surface area contributed by atoms with Gasteiger partial charge in [-0.2, -0.15) is 5.10 Å². The first-order valence-corrected chi connectivity index (χ1v) is 9.97. The molecule has 2 aromatic heterocycles. The van der Waals surface area contributed by atoms with Gasteiger partial charge in [-0.1, -0.05) is 6.07 Å². The van der Waals surface area contributed by atoms with E-state index >= 15 is 0 Å². The first kappa shape index (κ1) is 19.0. The van der Waals surface area contributed by atoms with E-state index in [2.05, 4.69) is 25.7 Å². The molecule has 0 saturated carbocycles. The van der Waals surface area contributed by atoms with Gasteiger partial charge in [-0.05, 0) is 36.8 Å². The summed E-state index contributed by atoms with van der Waals surface area (Å²) in [4.78, 5) is 1.86. The van der Waals surface area contributed by atoms with Gasteiger partial charge in [0.15, 0.2) is 5.82 Å². The van der Waals surface area contributed by atoms with Crippen LogP contribution in [-0.4, -0.2) is 70.1 Å². The number of piperidine rings is 1. The number of H-pyrrole nitrogens is 1. The van der Waals surface area contributed by atoms with Gasteiger partial charge in [0.05, 0.1) is 36.7 Å². The largest absolute Gasteiger partial charge is 0.507 e. The van der Waals surface area contributed by atoms with E-state index in [0.29, 0.717) is 36.7 Å². The maximum Gasteiger partial charge on any atom is 0.151 e. The number of halogens is 1. The van der Waals surface area contributed by atoms with E-state index in [1.807, 2.05) is 30.1 Å². The molecule has 1 aromatic carbocycles. The third-order valence-corrected chi connectivity index (χ3v) is 5.94. The van der Waals surface area contributed by atoms with E-state index in [1.54, 1.807) is 24.4 Å². The van der Waals surface area contributed by atoms with Crippen LogP contribution < -0.4 is 10.2 Å². The van der Waals surface area contributed by atoms with Gasteiger partial charge in [0.1, 0.15) is 11.9 Å². The lowest BCUT2D eigenvalue weighted by molar-refractivity contribution is -0.0175. The van der Waals surface area contributed by atoms with Crippen LogP contribution in [0.25, 0.3) is 22.5 Å². The number of benzene rings is 1. The van der Waals surface area contributed by atoms with Crippen molar-refractivity contribution >= 4 is 5.82 Å². The standard InChI is InChI=1S/C21H23FN6O2/c1-28(18-9-13-10-30-11-17(24-13)21(18)22)20-5-4-16(26-27-20)14-3-2-12(8-19(14)29)15-6-7-23-25-15/h2-8,13,17-18,21,24,29H,9-11H2,1H3,(H,23,25)/t13-,17-,18-,21-/m1/s1. The topological polar surface area (TPSA) is 99.2 Å². The number of anilines is 1. The van der Waals surface area contributed by atoms with Crippen molar-refractivity contribution in [3.05, 3.63) is 42.6 Å². The molecule has 30 heavy (non-hydrogen) atoms. The van der Waals surface area contributed by atoms with Gasteiger partial charge in [-0.3, -0.25) is 5.10 Å². The van der Waals surface area contributed by atoms with Crippen molar-refractivity contribution in [1.82, 2.24) is 25.7 Å². The van der Waals surface area contributed by atoms with Crippen LogP contribution in [0.15, 0.2) is 42.6 Å². The number of ether oxygens (including phenoxy) is 1. The first-order chi connectivity index (χ1) is 14.6. The van der Waals surface area contributed by atoms with Crippen molar-refractivity contribution < 1.29 is 14.2 Å². The second kappa shape index (κ2) is 7.66. The SMILES string of the molecule is CN(c1ccc(-c2ccc(-c3ccn[nH]3)cc2O)nn1)[C@@H]1C[C@@H]2COC[C@@H](N2)[C@H]1F. The van der Waals surface area contributed by atoms with Crippen LogP contribution >= 0.6 is 0 Å². The molecule has 3 aromatic rings. The predicted molar refractivity (Wildman–Crippen MR) is 110 cm³/mol. The Morgan fingerprint density at radius 2 is 2.07 bits per heavy atom. The molecule has 156 valence electrons. The molecule has 0 radical (unpaired) electrons. The number of aromatic nitrogens is 4. The molecule has 4 heterocycles. The minimum atomic E-state index is -1.05. The van der Waals surface area contributed by atoms with Crippen LogP contribution in [0.2, 0.25) is 0 Å². The number of phenolic OH excluding ortho intramolecular Hbond substituents is 1. The van der Waals surface area contributed by atoms with Gasteiger partial charge in [0, 0.05) is 30.4 Å². The lowest BCUT2D eigenvalue weighted by Gasteiger charge is -2.45. The first-order valence-electron chi connectivity index (χ1n) is 9.97. The van der Waals surface area contributed by atoms with Gasteiger partial charge in [-0.25, -0.2) is 4.39 Å². The molecule has 2 fully saturated rings. The molecule has 0 spiro atoms. The van der Waals surface area contributed by atoms with Gasteiger partial charge >= 0.3 is 0 Å². The van der Waals surface area contributed by atoms with Crippen molar-refractivity contribution in [2.45, 2.75) is 30.7 Å². The Kier molecular flexibility index (Phi) is 4.84. The number of aromatic hydroxyl groups is 1. The van der Waals surface area contributed by atoms with Crippen LogP contribution in [0, 0.1) is 0 Å². The maximum absolute atomic E-state index is 14.9. The number of alkyl halides is 1. The zero-order chi connectivity index (χ0) is 20.7. The Hall–Kier alpha value is -3.04. The summed E-state index contributed by atoms with van der Waals surface area (Å²) in [6.07, 6.45) is 1.26. The molecule has 8 nitrogen and oxygen atoms in total. The molecular formula is C21H23FN6O2. The molecule has 2 saturated heterocycles. The molecule has 0 unspecified atom stereocenters. The highest BCUT2D eigenvalue weighted by molar-refractivity contribution is 5.73. The number of nitrogens with one attached hydrogen (secondary N) is 2. The van der Waals surface area contributed by atoms with Crippen LogP contribution in [0.4, 0.5) is 10.2 Å². The van der Waals surface area contributed by atoms with Crippen molar-refractivity contribution in [2.24, 2.45) is 0 Å².